The van der Waals surface area contributed by atoms with Gasteiger partial charge in [0.25, 0.3) is 0 Å². The average molecular weight is 509 g/mol. The SMILES string of the molecule is CN(C)[C@H]1CCN(c2ncc3c4c(c(-c5ccc(F)c6sc(N)c(C#N)c56)c(Cl)c3n2)COC4)C1. The molecule has 0 unspecified atom stereocenters. The minimum absolute atomic E-state index is 0.262. The molecule has 10 heteroatoms. The first-order chi connectivity index (χ1) is 16.9. The van der Waals surface area contributed by atoms with Crippen molar-refractivity contribution in [3.8, 4) is 17.2 Å². The van der Waals surface area contributed by atoms with Crippen molar-refractivity contribution in [1.82, 2.24) is 14.9 Å². The summed E-state index contributed by atoms with van der Waals surface area (Å²) in [6, 6.07) is 5.65. The second kappa shape index (κ2) is 8.28. The fraction of sp³-hybridized carbons (Fsp3) is 0.320. The van der Waals surface area contributed by atoms with Crippen LogP contribution in [-0.2, 0) is 18.0 Å². The lowest BCUT2D eigenvalue weighted by molar-refractivity contribution is 0.135. The Hall–Kier alpha value is -3.03. The number of likely N-dealkylation sites (N-methyl/N-ethyl adjacent to an activating group) is 1. The minimum Gasteiger partial charge on any atom is -0.389 e. The fourth-order valence-corrected chi connectivity index (χ4v) is 6.50. The number of halogens is 2. The van der Waals surface area contributed by atoms with Crippen molar-refractivity contribution in [2.24, 2.45) is 0 Å². The summed E-state index contributed by atoms with van der Waals surface area (Å²) in [6.45, 7) is 2.48. The zero-order valence-corrected chi connectivity index (χ0v) is 20.8. The molecule has 0 bridgehead atoms. The molecule has 1 fully saturated rings. The fourth-order valence-electron chi connectivity index (χ4n) is 5.19. The van der Waals surface area contributed by atoms with Crippen LogP contribution in [0.2, 0.25) is 5.02 Å². The third-order valence-corrected chi connectivity index (χ3v) is 8.46. The maximum absolute atomic E-state index is 14.7. The molecule has 1 saturated heterocycles. The van der Waals surface area contributed by atoms with E-state index in [0.29, 0.717) is 57.0 Å². The number of nitriles is 1. The Bertz CT molecular complexity index is 1560. The van der Waals surface area contributed by atoms with Crippen molar-refractivity contribution in [2.45, 2.75) is 25.7 Å². The number of fused-ring (bicyclic) bond motifs is 4. The van der Waals surface area contributed by atoms with Gasteiger partial charge in [-0.15, -0.1) is 11.3 Å². The number of nitrogens with zero attached hydrogens (tertiary/aromatic N) is 5. The van der Waals surface area contributed by atoms with Gasteiger partial charge in [0.1, 0.15) is 16.9 Å². The highest BCUT2D eigenvalue weighted by atomic mass is 35.5. The molecule has 2 N–H and O–H groups in total. The van der Waals surface area contributed by atoms with Crippen molar-refractivity contribution in [2.75, 3.05) is 37.8 Å². The number of benzene rings is 2. The maximum Gasteiger partial charge on any atom is 0.225 e. The van der Waals surface area contributed by atoms with Crippen molar-refractivity contribution in [3.63, 3.8) is 0 Å². The van der Waals surface area contributed by atoms with Crippen molar-refractivity contribution in [1.29, 1.82) is 5.26 Å². The zero-order valence-electron chi connectivity index (χ0n) is 19.2. The molecule has 0 spiro atoms. The molecular formula is C25H22ClFN6OS. The lowest BCUT2D eigenvalue weighted by atomic mass is 9.91. The molecule has 4 heterocycles. The van der Waals surface area contributed by atoms with Gasteiger partial charge in [0.2, 0.25) is 5.95 Å². The number of aromatic nitrogens is 2. The molecule has 7 nitrogen and oxygen atoms in total. The standard InChI is InChI=1S/C25H22ClFN6OS/c1-32(2)12-5-6-33(9-12)25-30-8-15-16-10-34-11-17(16)19(21(26)22(15)31-25)13-3-4-18(27)23-20(13)14(7-28)24(29)35-23/h3-4,8,12H,5-6,9-11,29H2,1-2H3/t12-/m0/s1. The van der Waals surface area contributed by atoms with Crippen LogP contribution < -0.4 is 10.6 Å². The first-order valence-electron chi connectivity index (χ1n) is 11.3. The summed E-state index contributed by atoms with van der Waals surface area (Å²) in [5, 5.41) is 11.8. The van der Waals surface area contributed by atoms with Crippen molar-refractivity contribution < 1.29 is 9.13 Å². The zero-order chi connectivity index (χ0) is 24.4. The van der Waals surface area contributed by atoms with E-state index in [4.69, 9.17) is 27.1 Å². The Morgan fingerprint density at radius 3 is 2.86 bits per heavy atom. The Kier molecular flexibility index (Phi) is 5.31. The van der Waals surface area contributed by atoms with E-state index in [1.807, 2.05) is 6.20 Å². The second-order valence-corrected chi connectivity index (χ2v) is 10.6. The van der Waals surface area contributed by atoms with Gasteiger partial charge in [0.15, 0.2) is 0 Å². The van der Waals surface area contributed by atoms with E-state index >= 15 is 0 Å². The van der Waals surface area contributed by atoms with Crippen LogP contribution in [0.4, 0.5) is 15.3 Å². The van der Waals surface area contributed by atoms with E-state index in [1.54, 1.807) is 6.07 Å². The van der Waals surface area contributed by atoms with Crippen LogP contribution >= 0.6 is 22.9 Å². The lowest BCUT2D eigenvalue weighted by Crippen LogP contribution is -2.32. The molecular weight excluding hydrogens is 487 g/mol. The van der Waals surface area contributed by atoms with E-state index in [2.05, 4.69) is 34.9 Å². The summed E-state index contributed by atoms with van der Waals surface area (Å²) >= 11 is 8.16. The van der Waals surface area contributed by atoms with E-state index in [-0.39, 0.29) is 10.6 Å². The van der Waals surface area contributed by atoms with Gasteiger partial charge in [-0.1, -0.05) is 17.7 Å². The van der Waals surface area contributed by atoms with Gasteiger partial charge >= 0.3 is 0 Å². The average Bonchev–Trinajstić information content (AvgIpc) is 3.59. The highest BCUT2D eigenvalue weighted by Gasteiger charge is 2.30. The number of rotatable bonds is 3. The summed E-state index contributed by atoms with van der Waals surface area (Å²) in [5.74, 6) is 0.219. The molecule has 0 saturated carbocycles. The van der Waals surface area contributed by atoms with Gasteiger partial charge in [-0.25, -0.2) is 14.4 Å². The molecule has 1 atom stereocenters. The van der Waals surface area contributed by atoms with Crippen molar-refractivity contribution in [3.05, 3.63) is 45.9 Å². The molecule has 6 rings (SSSR count). The maximum atomic E-state index is 14.7. The molecule has 2 aromatic carbocycles. The van der Waals surface area contributed by atoms with E-state index in [0.717, 1.165) is 47.4 Å². The van der Waals surface area contributed by atoms with Gasteiger partial charge in [0, 0.05) is 41.7 Å². The Morgan fingerprint density at radius 2 is 2.11 bits per heavy atom. The number of anilines is 2. The number of nitrogens with two attached hydrogens (primary N) is 1. The molecule has 4 aromatic rings. The minimum atomic E-state index is -0.416. The van der Waals surface area contributed by atoms with Gasteiger partial charge in [0.05, 0.1) is 34.0 Å². The topological polar surface area (TPSA) is 91.3 Å². The summed E-state index contributed by atoms with van der Waals surface area (Å²) in [7, 11) is 4.16. The van der Waals surface area contributed by atoms with Crippen LogP contribution in [0, 0.1) is 17.1 Å². The first kappa shape index (κ1) is 22.4. The molecule has 35 heavy (non-hydrogen) atoms. The second-order valence-electron chi connectivity index (χ2n) is 9.18. The normalized spacial score (nSPS) is 17.6. The Balaban J connectivity index is 1.60. The quantitative estimate of drug-likeness (QED) is 0.419. The van der Waals surface area contributed by atoms with Crippen LogP contribution in [0.5, 0.6) is 0 Å². The molecule has 178 valence electrons. The van der Waals surface area contributed by atoms with Crippen LogP contribution in [0.15, 0.2) is 18.3 Å². The van der Waals surface area contributed by atoms with Crippen LogP contribution in [0.1, 0.15) is 23.1 Å². The number of ether oxygens (including phenoxy) is 1. The largest absolute Gasteiger partial charge is 0.389 e. The predicted molar refractivity (Wildman–Crippen MR) is 137 cm³/mol. The molecule has 0 radical (unpaired) electrons. The summed E-state index contributed by atoms with van der Waals surface area (Å²) in [5.41, 5.74) is 10.2. The monoisotopic (exact) mass is 508 g/mol. The summed E-state index contributed by atoms with van der Waals surface area (Å²) in [4.78, 5) is 14.0. The highest BCUT2D eigenvalue weighted by Crippen LogP contribution is 2.48. The summed E-state index contributed by atoms with van der Waals surface area (Å²) in [6.07, 6.45) is 2.86. The van der Waals surface area contributed by atoms with Crippen molar-refractivity contribution >= 4 is 54.9 Å². The number of hydrogen-bond donors (Lipinski definition) is 1. The molecule has 2 aliphatic heterocycles. The number of thiophene rings is 1. The van der Waals surface area contributed by atoms with Gasteiger partial charge in [-0.3, -0.25) is 0 Å². The van der Waals surface area contributed by atoms with E-state index < -0.39 is 5.82 Å². The predicted octanol–water partition coefficient (Wildman–Crippen LogP) is 4.93. The van der Waals surface area contributed by atoms with Gasteiger partial charge in [-0.2, -0.15) is 5.26 Å². The lowest BCUT2D eigenvalue weighted by Gasteiger charge is -2.21. The van der Waals surface area contributed by atoms with E-state index in [1.165, 1.54) is 6.07 Å². The van der Waals surface area contributed by atoms with Gasteiger partial charge < -0.3 is 20.3 Å². The van der Waals surface area contributed by atoms with Crippen LogP contribution in [-0.4, -0.2) is 48.1 Å². The molecule has 0 aliphatic carbocycles. The smallest absolute Gasteiger partial charge is 0.225 e. The molecule has 2 aliphatic rings. The summed E-state index contributed by atoms with van der Waals surface area (Å²) < 4.78 is 20.9. The third-order valence-electron chi connectivity index (χ3n) is 7.06. The highest BCUT2D eigenvalue weighted by molar-refractivity contribution is 7.23. The van der Waals surface area contributed by atoms with Crippen LogP contribution in [0.25, 0.3) is 32.1 Å². The number of hydrogen-bond acceptors (Lipinski definition) is 8. The Labute approximate surface area is 210 Å². The van der Waals surface area contributed by atoms with E-state index in [9.17, 15) is 9.65 Å². The number of nitrogen functional groups attached to an aromatic ring is 1. The molecule has 2 aromatic heterocycles. The molecule has 0 amide bonds. The first-order valence-corrected chi connectivity index (χ1v) is 12.5. The van der Waals surface area contributed by atoms with Gasteiger partial charge in [-0.05, 0) is 43.3 Å². The third kappa shape index (κ3) is 3.36. The van der Waals surface area contributed by atoms with Crippen LogP contribution in [0.3, 0.4) is 0 Å². The Morgan fingerprint density at radius 1 is 1.31 bits per heavy atom.